The average Bonchev–Trinajstić information content (AvgIpc) is 2.16. The number of methoxy groups -OCH3 is 1. The van der Waals surface area contributed by atoms with Crippen molar-refractivity contribution in [3.63, 3.8) is 0 Å². The highest BCUT2D eigenvalue weighted by Crippen LogP contribution is 2.40. The molecule has 0 radical (unpaired) electrons. The first-order valence-electron chi connectivity index (χ1n) is 5.15. The molecule has 3 nitrogen and oxygen atoms in total. The van der Waals surface area contributed by atoms with Gasteiger partial charge in [-0.25, -0.2) is 4.39 Å². The largest absolute Gasteiger partial charge is 0.378 e. The van der Waals surface area contributed by atoms with Crippen LogP contribution in [0, 0.1) is 5.41 Å². The van der Waals surface area contributed by atoms with Gasteiger partial charge in [0.15, 0.2) is 0 Å². The Morgan fingerprint density at radius 3 is 2.50 bits per heavy atom. The van der Waals surface area contributed by atoms with Gasteiger partial charge in [0.05, 0.1) is 6.10 Å². The zero-order chi connectivity index (χ0) is 10.9. The first-order chi connectivity index (χ1) is 6.47. The Hall–Kier alpha value is -0.190. The van der Waals surface area contributed by atoms with Gasteiger partial charge in [0.25, 0.3) is 0 Å². The third-order valence-corrected chi connectivity index (χ3v) is 3.74. The molecule has 0 spiro atoms. The van der Waals surface area contributed by atoms with Gasteiger partial charge in [0.2, 0.25) is 0 Å². The van der Waals surface area contributed by atoms with Crippen LogP contribution in [0.5, 0.6) is 0 Å². The van der Waals surface area contributed by atoms with Crippen LogP contribution in [0.1, 0.15) is 26.7 Å². The van der Waals surface area contributed by atoms with Crippen molar-refractivity contribution in [2.24, 2.45) is 16.9 Å². The number of hydrogen-bond acceptors (Lipinski definition) is 3. The van der Waals surface area contributed by atoms with Crippen molar-refractivity contribution in [2.45, 2.75) is 51.0 Å². The van der Waals surface area contributed by atoms with E-state index in [-0.39, 0.29) is 11.5 Å². The lowest BCUT2D eigenvalue weighted by atomic mass is 9.66. The summed E-state index contributed by atoms with van der Waals surface area (Å²) >= 11 is 0. The number of hydrogen-bond donors (Lipinski definition) is 2. The van der Waals surface area contributed by atoms with Crippen molar-refractivity contribution >= 4 is 0 Å². The summed E-state index contributed by atoms with van der Waals surface area (Å²) in [5.41, 5.74) is 11.4. The SMILES string of the molecule is CCC1(C)[C@H](OC)C(F)[C@H](N)C[C@@H]1N. The summed E-state index contributed by atoms with van der Waals surface area (Å²) in [4.78, 5) is 0. The van der Waals surface area contributed by atoms with E-state index in [1.165, 1.54) is 7.11 Å². The second kappa shape index (κ2) is 4.13. The minimum Gasteiger partial charge on any atom is -0.378 e. The Kier molecular flexibility index (Phi) is 3.50. The number of halogens is 1. The van der Waals surface area contributed by atoms with Crippen molar-refractivity contribution in [3.8, 4) is 0 Å². The molecule has 0 aliphatic heterocycles. The molecule has 14 heavy (non-hydrogen) atoms. The van der Waals surface area contributed by atoms with E-state index in [0.29, 0.717) is 6.42 Å². The lowest BCUT2D eigenvalue weighted by molar-refractivity contribution is -0.0989. The summed E-state index contributed by atoms with van der Waals surface area (Å²) in [6.07, 6.45) is -0.249. The normalized spacial score (nSPS) is 49.3. The van der Waals surface area contributed by atoms with Crippen LogP contribution >= 0.6 is 0 Å². The average molecular weight is 204 g/mol. The molecule has 4 heteroatoms. The van der Waals surface area contributed by atoms with Crippen LogP contribution in [0.15, 0.2) is 0 Å². The Balaban J connectivity index is 2.91. The second-order valence-corrected chi connectivity index (χ2v) is 4.47. The summed E-state index contributed by atoms with van der Waals surface area (Å²) in [5, 5.41) is 0. The standard InChI is InChI=1S/C10H21FN2O/c1-4-10(2)7(13)5-6(12)8(11)9(10)14-3/h6-9H,4-5,12-13H2,1-3H3/t6-,7+,8?,9-,10?/m1/s1. The Morgan fingerprint density at radius 2 is 2.07 bits per heavy atom. The van der Waals surface area contributed by atoms with Crippen LogP contribution in [0.25, 0.3) is 0 Å². The Bertz CT molecular complexity index is 203. The molecule has 1 aliphatic rings. The molecule has 1 aliphatic carbocycles. The fourth-order valence-electron chi connectivity index (χ4n) is 2.35. The maximum atomic E-state index is 13.8. The molecule has 0 heterocycles. The van der Waals surface area contributed by atoms with Crippen LogP contribution in [0.3, 0.4) is 0 Å². The summed E-state index contributed by atoms with van der Waals surface area (Å²) in [6, 6.07) is -0.575. The second-order valence-electron chi connectivity index (χ2n) is 4.47. The molecule has 0 aromatic rings. The van der Waals surface area contributed by atoms with Crippen molar-refractivity contribution in [1.82, 2.24) is 0 Å². The van der Waals surface area contributed by atoms with Gasteiger partial charge in [-0.15, -0.1) is 0 Å². The molecule has 2 unspecified atom stereocenters. The minimum atomic E-state index is -1.11. The van der Waals surface area contributed by atoms with Crippen molar-refractivity contribution < 1.29 is 9.13 Å². The Morgan fingerprint density at radius 1 is 1.50 bits per heavy atom. The highest BCUT2D eigenvalue weighted by Gasteiger charge is 2.49. The predicted molar refractivity (Wildman–Crippen MR) is 54.7 cm³/mol. The monoisotopic (exact) mass is 204 g/mol. The van der Waals surface area contributed by atoms with Crippen molar-refractivity contribution in [1.29, 1.82) is 0 Å². The molecule has 0 bridgehead atoms. The molecule has 0 amide bonds. The van der Waals surface area contributed by atoms with E-state index in [1.807, 2.05) is 13.8 Å². The predicted octanol–water partition coefficient (Wildman–Crippen LogP) is 0.814. The van der Waals surface area contributed by atoms with Gasteiger partial charge < -0.3 is 16.2 Å². The maximum absolute atomic E-state index is 13.8. The van der Waals surface area contributed by atoms with Gasteiger partial charge >= 0.3 is 0 Å². The van der Waals surface area contributed by atoms with Gasteiger partial charge in [-0.3, -0.25) is 0 Å². The van der Waals surface area contributed by atoms with Crippen LogP contribution < -0.4 is 11.5 Å². The van der Waals surface area contributed by atoms with Gasteiger partial charge in [-0.1, -0.05) is 13.8 Å². The summed E-state index contributed by atoms with van der Waals surface area (Å²) in [7, 11) is 1.52. The summed E-state index contributed by atoms with van der Waals surface area (Å²) < 4.78 is 19.0. The van der Waals surface area contributed by atoms with E-state index in [2.05, 4.69) is 0 Å². The van der Waals surface area contributed by atoms with Crippen LogP contribution in [-0.4, -0.2) is 31.5 Å². The molecule has 1 rings (SSSR count). The molecule has 84 valence electrons. The van der Waals surface area contributed by atoms with Crippen molar-refractivity contribution in [2.75, 3.05) is 7.11 Å². The van der Waals surface area contributed by atoms with E-state index < -0.39 is 18.3 Å². The first kappa shape index (κ1) is 11.9. The molecular formula is C10H21FN2O. The topological polar surface area (TPSA) is 61.3 Å². The van der Waals surface area contributed by atoms with E-state index in [1.54, 1.807) is 0 Å². The molecule has 0 aromatic carbocycles. The lowest BCUT2D eigenvalue weighted by Crippen LogP contribution is -2.62. The van der Waals surface area contributed by atoms with Gasteiger partial charge in [0.1, 0.15) is 6.17 Å². The smallest absolute Gasteiger partial charge is 0.142 e. The number of rotatable bonds is 2. The fraction of sp³-hybridized carbons (Fsp3) is 1.00. The summed E-state index contributed by atoms with van der Waals surface area (Å²) in [5.74, 6) is 0. The number of ether oxygens (including phenoxy) is 1. The zero-order valence-corrected chi connectivity index (χ0v) is 9.16. The maximum Gasteiger partial charge on any atom is 0.142 e. The molecular weight excluding hydrogens is 183 g/mol. The van der Waals surface area contributed by atoms with Crippen LogP contribution in [0.4, 0.5) is 4.39 Å². The third kappa shape index (κ3) is 1.66. The van der Waals surface area contributed by atoms with Gasteiger partial charge in [0, 0.05) is 24.6 Å². The lowest BCUT2D eigenvalue weighted by Gasteiger charge is -2.48. The summed E-state index contributed by atoms with van der Waals surface area (Å²) in [6.45, 7) is 3.99. The quantitative estimate of drug-likeness (QED) is 0.700. The number of nitrogens with two attached hydrogens (primary N) is 2. The van der Waals surface area contributed by atoms with E-state index in [9.17, 15) is 4.39 Å². The molecule has 0 saturated heterocycles. The highest BCUT2D eigenvalue weighted by molar-refractivity contribution is 5.04. The van der Waals surface area contributed by atoms with Crippen molar-refractivity contribution in [3.05, 3.63) is 0 Å². The zero-order valence-electron chi connectivity index (χ0n) is 9.16. The van der Waals surface area contributed by atoms with E-state index in [0.717, 1.165) is 6.42 Å². The molecule has 4 N–H and O–H groups in total. The number of alkyl halides is 1. The fourth-order valence-corrected chi connectivity index (χ4v) is 2.35. The van der Waals surface area contributed by atoms with E-state index in [4.69, 9.17) is 16.2 Å². The van der Waals surface area contributed by atoms with Gasteiger partial charge in [-0.05, 0) is 12.8 Å². The molecule has 1 fully saturated rings. The Labute approximate surface area is 85.0 Å². The van der Waals surface area contributed by atoms with Gasteiger partial charge in [-0.2, -0.15) is 0 Å². The van der Waals surface area contributed by atoms with Crippen LogP contribution in [-0.2, 0) is 4.74 Å². The highest BCUT2D eigenvalue weighted by atomic mass is 19.1. The molecule has 1 saturated carbocycles. The van der Waals surface area contributed by atoms with E-state index >= 15 is 0 Å². The third-order valence-electron chi connectivity index (χ3n) is 3.74. The molecule has 5 atom stereocenters. The van der Waals surface area contributed by atoms with Crippen LogP contribution in [0.2, 0.25) is 0 Å². The minimum absolute atomic E-state index is 0.0838. The first-order valence-corrected chi connectivity index (χ1v) is 5.15. The molecule has 0 aromatic heterocycles.